The van der Waals surface area contributed by atoms with E-state index in [0.717, 1.165) is 4.90 Å². The Kier molecular flexibility index (Phi) is 3.73. The number of hydrogen-bond donors (Lipinski definition) is 1. The van der Waals surface area contributed by atoms with Gasteiger partial charge in [0, 0.05) is 18.9 Å². The third-order valence-corrected chi connectivity index (χ3v) is 4.49. The molecule has 0 aromatic carbocycles. The minimum atomic E-state index is -4.63. The predicted molar refractivity (Wildman–Crippen MR) is 63.3 cm³/mol. The molecule has 0 radical (unpaired) electrons. The second-order valence-electron chi connectivity index (χ2n) is 4.29. The van der Waals surface area contributed by atoms with Crippen molar-refractivity contribution in [1.82, 2.24) is 10.2 Å². The van der Waals surface area contributed by atoms with Gasteiger partial charge in [-0.3, -0.25) is 9.69 Å². The number of aromatic nitrogens is 2. The second-order valence-corrected chi connectivity index (χ2v) is 6.91. The van der Waals surface area contributed by atoms with Crippen molar-refractivity contribution in [3.63, 3.8) is 0 Å². The molecule has 1 aromatic heterocycles. The Morgan fingerprint density at radius 1 is 1.40 bits per heavy atom. The van der Waals surface area contributed by atoms with Crippen molar-refractivity contribution in [3.05, 3.63) is 5.01 Å². The summed E-state index contributed by atoms with van der Waals surface area (Å²) in [6.45, 7) is -0.0399. The summed E-state index contributed by atoms with van der Waals surface area (Å²) in [5.74, 6) is -1.46. The van der Waals surface area contributed by atoms with Crippen molar-refractivity contribution in [1.29, 1.82) is 0 Å². The zero-order valence-corrected chi connectivity index (χ0v) is 11.4. The van der Waals surface area contributed by atoms with E-state index in [2.05, 4.69) is 10.2 Å². The maximum Gasteiger partial charge on any atom is 0.445 e. The van der Waals surface area contributed by atoms with E-state index in [-0.39, 0.29) is 29.4 Å². The predicted octanol–water partition coefficient (Wildman–Crippen LogP) is 0.198. The van der Waals surface area contributed by atoms with Gasteiger partial charge in [0.1, 0.15) is 0 Å². The maximum atomic E-state index is 12.4. The fourth-order valence-electron chi connectivity index (χ4n) is 1.85. The highest BCUT2D eigenvalue weighted by Gasteiger charge is 2.39. The number of primary sulfonamides is 1. The van der Waals surface area contributed by atoms with E-state index in [1.54, 1.807) is 0 Å². The molecular weight excluding hydrogens is 321 g/mol. The molecule has 2 N–H and O–H groups in total. The lowest BCUT2D eigenvalue weighted by Crippen LogP contribution is -2.27. The number of carbonyl (C=O) groups is 1. The third-order valence-electron chi connectivity index (χ3n) is 2.56. The Labute approximate surface area is 115 Å². The van der Waals surface area contributed by atoms with Crippen LogP contribution in [-0.4, -0.2) is 36.8 Å². The molecule has 20 heavy (non-hydrogen) atoms. The Balaban J connectivity index is 2.14. The van der Waals surface area contributed by atoms with Gasteiger partial charge in [-0.05, 0) is 0 Å². The molecule has 1 aliphatic heterocycles. The highest BCUT2D eigenvalue weighted by Crippen LogP contribution is 2.36. The van der Waals surface area contributed by atoms with Crippen LogP contribution in [0.2, 0.25) is 0 Å². The molecule has 1 amide bonds. The van der Waals surface area contributed by atoms with Gasteiger partial charge in [0.05, 0.1) is 5.75 Å². The summed E-state index contributed by atoms with van der Waals surface area (Å²) < 4.78 is 59.1. The zero-order valence-electron chi connectivity index (χ0n) is 9.79. The highest BCUT2D eigenvalue weighted by molar-refractivity contribution is 7.89. The number of anilines is 1. The number of sulfonamides is 1. The van der Waals surface area contributed by atoms with Crippen molar-refractivity contribution in [2.24, 2.45) is 11.1 Å². The summed E-state index contributed by atoms with van der Waals surface area (Å²) in [7, 11) is -3.75. The molecule has 0 saturated carbocycles. The molecular formula is C8H9F3N4O3S2. The van der Waals surface area contributed by atoms with Crippen LogP contribution in [-0.2, 0) is 21.0 Å². The first-order chi connectivity index (χ1) is 9.06. The molecule has 0 spiro atoms. The molecule has 12 heteroatoms. The molecule has 2 rings (SSSR count). The van der Waals surface area contributed by atoms with Crippen molar-refractivity contribution in [2.45, 2.75) is 12.6 Å². The van der Waals surface area contributed by atoms with Crippen LogP contribution in [0.25, 0.3) is 0 Å². The highest BCUT2D eigenvalue weighted by atomic mass is 32.2. The molecule has 0 bridgehead atoms. The Bertz CT molecular complexity index is 627. The molecule has 1 fully saturated rings. The first-order valence-electron chi connectivity index (χ1n) is 5.28. The fraction of sp³-hybridized carbons (Fsp3) is 0.625. The van der Waals surface area contributed by atoms with Crippen LogP contribution in [0.4, 0.5) is 18.3 Å². The summed E-state index contributed by atoms with van der Waals surface area (Å²) in [6.07, 6.45) is -4.73. The SMILES string of the molecule is NS(=O)(=O)CC1CC(=O)N(c2nnc(C(F)(F)F)s2)C1. The molecule has 2 heterocycles. The molecule has 1 aromatic rings. The van der Waals surface area contributed by atoms with Crippen LogP contribution in [0, 0.1) is 5.92 Å². The zero-order chi connectivity index (χ0) is 15.1. The summed E-state index contributed by atoms with van der Waals surface area (Å²) in [5.41, 5.74) is 0. The molecule has 7 nitrogen and oxygen atoms in total. The number of amides is 1. The van der Waals surface area contributed by atoms with Gasteiger partial charge < -0.3 is 0 Å². The van der Waals surface area contributed by atoms with Gasteiger partial charge >= 0.3 is 6.18 Å². The third kappa shape index (κ3) is 3.43. The van der Waals surface area contributed by atoms with Gasteiger partial charge in [-0.2, -0.15) is 13.2 Å². The number of nitrogens with two attached hydrogens (primary N) is 1. The monoisotopic (exact) mass is 330 g/mol. The summed E-state index contributed by atoms with van der Waals surface area (Å²) in [6, 6.07) is 0. The quantitative estimate of drug-likeness (QED) is 0.852. The number of alkyl halides is 3. The van der Waals surface area contributed by atoms with Gasteiger partial charge in [0.2, 0.25) is 26.1 Å². The lowest BCUT2D eigenvalue weighted by atomic mass is 10.1. The average Bonchev–Trinajstić information content (AvgIpc) is 2.81. The lowest BCUT2D eigenvalue weighted by Gasteiger charge is -2.11. The van der Waals surface area contributed by atoms with Crippen molar-refractivity contribution in [2.75, 3.05) is 17.2 Å². The van der Waals surface area contributed by atoms with Crippen molar-refractivity contribution < 1.29 is 26.4 Å². The second kappa shape index (κ2) is 4.93. The molecule has 1 saturated heterocycles. The smallest absolute Gasteiger partial charge is 0.286 e. The number of carbonyl (C=O) groups excluding carboxylic acids is 1. The number of hydrogen-bond acceptors (Lipinski definition) is 6. The number of nitrogens with zero attached hydrogens (tertiary/aromatic N) is 3. The minimum Gasteiger partial charge on any atom is -0.286 e. The number of rotatable bonds is 3. The number of halogens is 3. The lowest BCUT2D eigenvalue weighted by molar-refractivity contribution is -0.138. The van der Waals surface area contributed by atoms with Crippen molar-refractivity contribution in [3.8, 4) is 0 Å². The van der Waals surface area contributed by atoms with Gasteiger partial charge in [0.25, 0.3) is 0 Å². The van der Waals surface area contributed by atoms with Gasteiger partial charge in [-0.1, -0.05) is 11.3 Å². The summed E-state index contributed by atoms with van der Waals surface area (Å²) in [4.78, 5) is 12.7. The van der Waals surface area contributed by atoms with Gasteiger partial charge in [-0.15, -0.1) is 10.2 Å². The van der Waals surface area contributed by atoms with Crippen LogP contribution in [0.1, 0.15) is 11.4 Å². The van der Waals surface area contributed by atoms with Crippen LogP contribution in [0.15, 0.2) is 0 Å². The van der Waals surface area contributed by atoms with E-state index < -0.39 is 38.8 Å². The Morgan fingerprint density at radius 2 is 2.05 bits per heavy atom. The van der Waals surface area contributed by atoms with Crippen LogP contribution < -0.4 is 10.0 Å². The standard InChI is InChI=1S/C8H9F3N4O3S2/c9-8(10,11)6-13-14-7(19-6)15-2-4(1-5(15)16)3-20(12,17)18/h4H,1-3H2,(H2,12,17,18). The van der Waals surface area contributed by atoms with Gasteiger partial charge in [-0.25, -0.2) is 13.6 Å². The van der Waals surface area contributed by atoms with E-state index in [9.17, 15) is 26.4 Å². The van der Waals surface area contributed by atoms with E-state index in [1.807, 2.05) is 0 Å². The van der Waals surface area contributed by atoms with E-state index in [0.29, 0.717) is 0 Å². The fourth-order valence-corrected chi connectivity index (χ4v) is 3.46. The van der Waals surface area contributed by atoms with E-state index in [1.165, 1.54) is 0 Å². The molecule has 0 aliphatic carbocycles. The molecule has 1 unspecified atom stereocenters. The Hall–Kier alpha value is -1.27. The van der Waals surface area contributed by atoms with Crippen molar-refractivity contribution >= 4 is 32.4 Å². The van der Waals surface area contributed by atoms with Crippen LogP contribution in [0.5, 0.6) is 0 Å². The van der Waals surface area contributed by atoms with Gasteiger partial charge in [0.15, 0.2) is 0 Å². The Morgan fingerprint density at radius 3 is 2.55 bits per heavy atom. The maximum absolute atomic E-state index is 12.4. The van der Waals surface area contributed by atoms with Crippen LogP contribution in [0.3, 0.4) is 0 Å². The molecule has 112 valence electrons. The minimum absolute atomic E-state index is 0.0399. The average molecular weight is 330 g/mol. The first kappa shape index (κ1) is 15.1. The topological polar surface area (TPSA) is 106 Å². The summed E-state index contributed by atoms with van der Waals surface area (Å²) >= 11 is 0.238. The molecule has 1 aliphatic rings. The van der Waals surface area contributed by atoms with E-state index >= 15 is 0 Å². The first-order valence-corrected chi connectivity index (χ1v) is 7.81. The largest absolute Gasteiger partial charge is 0.445 e. The summed E-state index contributed by atoms with van der Waals surface area (Å²) in [5, 5.41) is 9.81. The van der Waals surface area contributed by atoms with E-state index in [4.69, 9.17) is 5.14 Å². The van der Waals surface area contributed by atoms with Crippen LogP contribution >= 0.6 is 11.3 Å². The molecule has 1 atom stereocenters. The normalized spacial score (nSPS) is 20.7.